The Kier molecular flexibility index (Phi) is 7.18. The number of esters is 1. The Balaban J connectivity index is 1.60. The molecule has 1 atom stereocenters. The molecule has 0 saturated heterocycles. The van der Waals surface area contributed by atoms with Gasteiger partial charge in [-0.3, -0.25) is 4.79 Å². The van der Waals surface area contributed by atoms with Crippen LogP contribution in [0.5, 0.6) is 17.2 Å². The molecule has 0 fully saturated rings. The van der Waals surface area contributed by atoms with Crippen molar-refractivity contribution in [3.63, 3.8) is 0 Å². The van der Waals surface area contributed by atoms with Crippen LogP contribution in [0, 0.1) is 6.92 Å². The van der Waals surface area contributed by atoms with E-state index in [-0.39, 0.29) is 6.10 Å². The van der Waals surface area contributed by atoms with Gasteiger partial charge in [-0.1, -0.05) is 6.07 Å². The van der Waals surface area contributed by atoms with Crippen LogP contribution < -0.4 is 19.5 Å². The number of nitrogens with one attached hydrogen (secondary N) is 1. The monoisotopic (exact) mass is 425 g/mol. The maximum Gasteiger partial charge on any atom is 0.331 e. The van der Waals surface area contributed by atoms with E-state index < -0.39 is 18.5 Å². The lowest BCUT2D eigenvalue weighted by Gasteiger charge is -2.11. The minimum Gasteiger partial charge on any atom is -0.495 e. The predicted molar refractivity (Wildman–Crippen MR) is 118 cm³/mol. The topological polar surface area (TPSA) is 83.1 Å². The molecule has 1 heterocycles. The molecule has 1 aliphatic rings. The molecule has 7 nitrogen and oxygen atoms in total. The van der Waals surface area contributed by atoms with Crippen LogP contribution in [-0.2, 0) is 20.7 Å². The lowest BCUT2D eigenvalue weighted by atomic mass is 10.1. The van der Waals surface area contributed by atoms with Crippen LogP contribution in [0.15, 0.2) is 36.4 Å². The average Bonchev–Trinajstić information content (AvgIpc) is 3.09. The Morgan fingerprint density at radius 1 is 1.23 bits per heavy atom. The third-order valence-electron chi connectivity index (χ3n) is 4.70. The van der Waals surface area contributed by atoms with Crippen molar-refractivity contribution in [2.75, 3.05) is 25.6 Å². The SMILES string of the molecule is CCOc1cc2c(cc1/C=C/C(=O)OCC(=O)Nc1cc(C)ccc1OC)O[C@@H](C)C2. The summed E-state index contributed by atoms with van der Waals surface area (Å²) in [4.78, 5) is 24.3. The van der Waals surface area contributed by atoms with Crippen molar-refractivity contribution in [2.24, 2.45) is 0 Å². The smallest absolute Gasteiger partial charge is 0.331 e. The van der Waals surface area contributed by atoms with Crippen LogP contribution in [0.1, 0.15) is 30.5 Å². The molecule has 3 rings (SSSR count). The number of ether oxygens (including phenoxy) is 4. The summed E-state index contributed by atoms with van der Waals surface area (Å²) in [5, 5.41) is 2.69. The number of amides is 1. The van der Waals surface area contributed by atoms with E-state index in [2.05, 4.69) is 5.32 Å². The average molecular weight is 425 g/mol. The second kappa shape index (κ2) is 10.0. The number of hydrogen-bond donors (Lipinski definition) is 1. The summed E-state index contributed by atoms with van der Waals surface area (Å²) in [5.41, 5.74) is 3.28. The van der Waals surface area contributed by atoms with E-state index in [1.54, 1.807) is 18.2 Å². The van der Waals surface area contributed by atoms with Crippen LogP contribution in [0.2, 0.25) is 0 Å². The van der Waals surface area contributed by atoms with Gasteiger partial charge in [-0.15, -0.1) is 0 Å². The van der Waals surface area contributed by atoms with Gasteiger partial charge in [0.15, 0.2) is 6.61 Å². The molecule has 31 heavy (non-hydrogen) atoms. The van der Waals surface area contributed by atoms with Crippen LogP contribution >= 0.6 is 0 Å². The van der Waals surface area contributed by atoms with Crippen LogP contribution in [-0.4, -0.2) is 38.3 Å². The van der Waals surface area contributed by atoms with Gasteiger partial charge in [-0.2, -0.15) is 0 Å². The number of methoxy groups -OCH3 is 1. The molecule has 0 aliphatic carbocycles. The normalized spacial score (nSPS) is 14.6. The Morgan fingerprint density at radius 3 is 2.77 bits per heavy atom. The van der Waals surface area contributed by atoms with Crippen LogP contribution in [0.4, 0.5) is 5.69 Å². The minimum atomic E-state index is -0.636. The molecule has 0 aromatic heterocycles. The molecular formula is C24H27NO6. The van der Waals surface area contributed by atoms with Crippen molar-refractivity contribution in [3.8, 4) is 17.2 Å². The predicted octanol–water partition coefficient (Wildman–Crippen LogP) is 3.92. The van der Waals surface area contributed by atoms with E-state index in [9.17, 15) is 9.59 Å². The maximum atomic E-state index is 12.2. The summed E-state index contributed by atoms with van der Waals surface area (Å²) in [6.07, 6.45) is 3.80. The highest BCUT2D eigenvalue weighted by Crippen LogP contribution is 2.35. The number of aryl methyl sites for hydroxylation is 1. The molecule has 1 aliphatic heterocycles. The summed E-state index contributed by atoms with van der Waals surface area (Å²) in [7, 11) is 1.52. The van der Waals surface area contributed by atoms with Crippen LogP contribution in [0.25, 0.3) is 6.08 Å². The van der Waals surface area contributed by atoms with Crippen molar-refractivity contribution in [1.82, 2.24) is 0 Å². The van der Waals surface area contributed by atoms with Gasteiger partial charge in [0.25, 0.3) is 5.91 Å². The summed E-state index contributed by atoms with van der Waals surface area (Å²) in [6.45, 7) is 5.90. The first kappa shape index (κ1) is 22.2. The van der Waals surface area contributed by atoms with E-state index in [0.29, 0.717) is 29.4 Å². The first-order valence-electron chi connectivity index (χ1n) is 10.1. The lowest BCUT2D eigenvalue weighted by molar-refractivity contribution is -0.142. The van der Waals surface area contributed by atoms with Gasteiger partial charge in [0.1, 0.15) is 23.4 Å². The van der Waals surface area contributed by atoms with Gasteiger partial charge in [-0.25, -0.2) is 4.79 Å². The van der Waals surface area contributed by atoms with Gasteiger partial charge in [0.2, 0.25) is 0 Å². The molecule has 2 aromatic rings. The van der Waals surface area contributed by atoms with E-state index in [1.807, 2.05) is 39.0 Å². The summed E-state index contributed by atoms with van der Waals surface area (Å²) in [6, 6.07) is 9.21. The molecule has 0 unspecified atom stereocenters. The molecule has 1 amide bonds. The Bertz CT molecular complexity index is 998. The highest BCUT2D eigenvalue weighted by Gasteiger charge is 2.21. The largest absolute Gasteiger partial charge is 0.495 e. The fourth-order valence-corrected chi connectivity index (χ4v) is 3.31. The molecule has 0 radical (unpaired) electrons. The quantitative estimate of drug-likeness (QED) is 0.510. The zero-order valence-corrected chi connectivity index (χ0v) is 18.2. The highest BCUT2D eigenvalue weighted by atomic mass is 16.5. The third kappa shape index (κ3) is 5.78. The third-order valence-corrected chi connectivity index (χ3v) is 4.70. The summed E-state index contributed by atoms with van der Waals surface area (Å²) >= 11 is 0. The molecule has 7 heteroatoms. The molecule has 1 N–H and O–H groups in total. The fourth-order valence-electron chi connectivity index (χ4n) is 3.31. The fraction of sp³-hybridized carbons (Fsp3) is 0.333. The van der Waals surface area contributed by atoms with Gasteiger partial charge in [0, 0.05) is 23.6 Å². The Labute approximate surface area is 181 Å². The van der Waals surface area contributed by atoms with Crippen molar-refractivity contribution in [2.45, 2.75) is 33.3 Å². The van der Waals surface area contributed by atoms with E-state index in [1.165, 1.54) is 13.2 Å². The van der Waals surface area contributed by atoms with Crippen LogP contribution in [0.3, 0.4) is 0 Å². The van der Waals surface area contributed by atoms with Gasteiger partial charge >= 0.3 is 5.97 Å². The maximum absolute atomic E-state index is 12.2. The minimum absolute atomic E-state index is 0.110. The number of hydrogen-bond acceptors (Lipinski definition) is 6. The number of benzene rings is 2. The zero-order valence-electron chi connectivity index (χ0n) is 18.2. The molecular weight excluding hydrogens is 398 g/mol. The first-order valence-corrected chi connectivity index (χ1v) is 10.1. The van der Waals surface area contributed by atoms with Gasteiger partial charge < -0.3 is 24.3 Å². The summed E-state index contributed by atoms with van der Waals surface area (Å²) in [5.74, 6) is 0.897. The number of carbonyl (C=O) groups is 2. The van der Waals surface area contributed by atoms with Gasteiger partial charge in [0.05, 0.1) is 19.4 Å². The molecule has 0 spiro atoms. The van der Waals surface area contributed by atoms with Crippen molar-refractivity contribution in [1.29, 1.82) is 0 Å². The van der Waals surface area contributed by atoms with E-state index >= 15 is 0 Å². The zero-order chi connectivity index (χ0) is 22.4. The van der Waals surface area contributed by atoms with Crippen molar-refractivity contribution < 1.29 is 28.5 Å². The standard InChI is InChI=1S/C24H27NO6/c1-5-29-21-13-18-11-16(3)31-22(18)12-17(21)7-9-24(27)30-14-23(26)25-19-10-15(2)6-8-20(19)28-4/h6-10,12-13,16H,5,11,14H2,1-4H3,(H,25,26)/b9-7+/t16-/m0/s1. The molecule has 2 aromatic carbocycles. The number of anilines is 1. The molecule has 0 saturated carbocycles. The molecule has 0 bridgehead atoms. The van der Waals surface area contributed by atoms with E-state index in [4.69, 9.17) is 18.9 Å². The number of carbonyl (C=O) groups excluding carboxylic acids is 2. The molecule has 164 valence electrons. The summed E-state index contributed by atoms with van der Waals surface area (Å²) < 4.78 is 21.8. The van der Waals surface area contributed by atoms with Crippen molar-refractivity contribution in [3.05, 3.63) is 53.1 Å². The first-order chi connectivity index (χ1) is 14.9. The number of rotatable bonds is 8. The number of fused-ring (bicyclic) bond motifs is 1. The Morgan fingerprint density at radius 2 is 2.03 bits per heavy atom. The lowest BCUT2D eigenvalue weighted by Crippen LogP contribution is -2.20. The van der Waals surface area contributed by atoms with Crippen molar-refractivity contribution >= 4 is 23.6 Å². The highest BCUT2D eigenvalue weighted by molar-refractivity contribution is 5.95. The van der Waals surface area contributed by atoms with E-state index in [0.717, 1.165) is 23.3 Å². The Hall–Kier alpha value is -3.48. The van der Waals surface area contributed by atoms with Gasteiger partial charge in [-0.05, 0) is 56.7 Å². The second-order valence-corrected chi connectivity index (χ2v) is 7.26. The second-order valence-electron chi connectivity index (χ2n) is 7.26.